The van der Waals surface area contributed by atoms with Gasteiger partial charge in [-0.25, -0.2) is 0 Å². The van der Waals surface area contributed by atoms with Crippen LogP contribution < -0.4 is 15.4 Å². The van der Waals surface area contributed by atoms with Crippen molar-refractivity contribution in [3.8, 4) is 5.75 Å². The van der Waals surface area contributed by atoms with E-state index in [1.165, 1.54) is 5.57 Å². The Labute approximate surface area is 142 Å². The summed E-state index contributed by atoms with van der Waals surface area (Å²) in [5, 5.41) is 6.10. The first-order valence-electron chi connectivity index (χ1n) is 7.51. The molecule has 1 amide bonds. The van der Waals surface area contributed by atoms with Crippen molar-refractivity contribution in [1.29, 1.82) is 0 Å². The van der Waals surface area contributed by atoms with E-state index in [2.05, 4.69) is 16.7 Å². The maximum atomic E-state index is 12.0. The van der Waals surface area contributed by atoms with Crippen molar-refractivity contribution in [2.24, 2.45) is 0 Å². The average Bonchev–Trinajstić information content (AvgIpc) is 2.58. The molecule has 0 radical (unpaired) electrons. The van der Waals surface area contributed by atoms with Gasteiger partial charge in [0.2, 0.25) is 5.91 Å². The van der Waals surface area contributed by atoms with Crippen LogP contribution in [0.3, 0.4) is 0 Å². The summed E-state index contributed by atoms with van der Waals surface area (Å²) in [6.07, 6.45) is 3.51. The smallest absolute Gasteiger partial charge is 0.220 e. The number of hydrogen-bond donors (Lipinski definition) is 2. The Kier molecular flexibility index (Phi) is 8.37. The highest BCUT2D eigenvalue weighted by atomic mass is 35.5. The second-order valence-corrected chi connectivity index (χ2v) is 5.24. The van der Waals surface area contributed by atoms with Crippen molar-refractivity contribution in [2.75, 3.05) is 26.7 Å². The van der Waals surface area contributed by atoms with E-state index in [1.54, 1.807) is 31.4 Å². The minimum Gasteiger partial charge on any atom is -0.497 e. The molecule has 0 atom stereocenters. The molecule has 23 heavy (non-hydrogen) atoms. The van der Waals surface area contributed by atoms with Gasteiger partial charge in [-0.3, -0.25) is 9.59 Å². The minimum atomic E-state index is -0.0821. The van der Waals surface area contributed by atoms with Crippen molar-refractivity contribution >= 4 is 24.1 Å². The minimum absolute atomic E-state index is 0. The molecule has 5 nitrogen and oxygen atoms in total. The van der Waals surface area contributed by atoms with E-state index in [0.717, 1.165) is 19.5 Å². The second kappa shape index (κ2) is 10.0. The zero-order valence-electron chi connectivity index (χ0n) is 13.3. The highest BCUT2D eigenvalue weighted by Gasteiger charge is 2.10. The standard InChI is InChI=1S/C17H22N2O3.ClH/c1-22-15-4-2-14(3-5-15)16(20)6-7-17(21)19-12-13-8-10-18-11-9-13;/h2-5,8,18H,6-7,9-12H2,1H3,(H,19,21);1H. The Morgan fingerprint density at radius 2 is 1.96 bits per heavy atom. The number of carbonyl (C=O) groups excluding carboxylic acids is 2. The van der Waals surface area contributed by atoms with E-state index in [-0.39, 0.29) is 36.9 Å². The third-order valence-electron chi connectivity index (χ3n) is 3.66. The molecule has 0 bridgehead atoms. The van der Waals surface area contributed by atoms with E-state index < -0.39 is 0 Å². The summed E-state index contributed by atoms with van der Waals surface area (Å²) in [5.74, 6) is 0.602. The maximum Gasteiger partial charge on any atom is 0.220 e. The lowest BCUT2D eigenvalue weighted by Gasteiger charge is -2.14. The van der Waals surface area contributed by atoms with Gasteiger partial charge in [-0.15, -0.1) is 12.4 Å². The zero-order valence-corrected chi connectivity index (χ0v) is 14.1. The normalized spacial score (nSPS) is 13.5. The third-order valence-corrected chi connectivity index (χ3v) is 3.66. The molecule has 1 aromatic rings. The van der Waals surface area contributed by atoms with Crippen molar-refractivity contribution in [3.05, 3.63) is 41.5 Å². The lowest BCUT2D eigenvalue weighted by Crippen LogP contribution is -2.29. The lowest BCUT2D eigenvalue weighted by molar-refractivity contribution is -0.120. The number of ketones is 1. The lowest BCUT2D eigenvalue weighted by atomic mass is 10.1. The molecule has 126 valence electrons. The number of Topliss-reactive ketones (excluding diaryl/α,β-unsaturated/α-hetero) is 1. The first-order valence-corrected chi connectivity index (χ1v) is 7.51. The van der Waals surface area contributed by atoms with Gasteiger partial charge >= 0.3 is 0 Å². The molecule has 6 heteroatoms. The summed E-state index contributed by atoms with van der Waals surface area (Å²) in [4.78, 5) is 23.8. The SMILES string of the molecule is COc1ccc(C(=O)CCC(=O)NCC2=CCNCC2)cc1.Cl. The van der Waals surface area contributed by atoms with Crippen LogP contribution in [0.25, 0.3) is 0 Å². The van der Waals surface area contributed by atoms with Crippen LogP contribution in [0.2, 0.25) is 0 Å². The first-order chi connectivity index (χ1) is 10.7. The largest absolute Gasteiger partial charge is 0.497 e. The molecule has 0 fully saturated rings. The van der Waals surface area contributed by atoms with Crippen LogP contribution in [0, 0.1) is 0 Å². The van der Waals surface area contributed by atoms with Crippen molar-refractivity contribution < 1.29 is 14.3 Å². The van der Waals surface area contributed by atoms with E-state index in [4.69, 9.17) is 4.74 Å². The quantitative estimate of drug-likeness (QED) is 0.590. The molecule has 0 spiro atoms. The highest BCUT2D eigenvalue weighted by Crippen LogP contribution is 2.13. The van der Waals surface area contributed by atoms with Crippen LogP contribution in [-0.2, 0) is 4.79 Å². The number of hydrogen-bond acceptors (Lipinski definition) is 4. The van der Waals surface area contributed by atoms with Gasteiger partial charge in [0.05, 0.1) is 7.11 Å². The number of halogens is 1. The molecule has 2 N–H and O–H groups in total. The van der Waals surface area contributed by atoms with Gasteiger partial charge in [0.1, 0.15) is 5.75 Å². The molecule has 0 unspecified atom stereocenters. The van der Waals surface area contributed by atoms with Crippen LogP contribution in [0.15, 0.2) is 35.9 Å². The van der Waals surface area contributed by atoms with Gasteiger partial charge in [-0.05, 0) is 37.2 Å². The van der Waals surface area contributed by atoms with E-state index in [9.17, 15) is 9.59 Å². The summed E-state index contributed by atoms with van der Waals surface area (Å²) < 4.78 is 5.05. The van der Waals surface area contributed by atoms with Crippen LogP contribution >= 0.6 is 12.4 Å². The number of benzene rings is 1. The topological polar surface area (TPSA) is 67.4 Å². The van der Waals surface area contributed by atoms with Crippen molar-refractivity contribution in [1.82, 2.24) is 10.6 Å². The Bertz CT molecular complexity index is 555. The maximum absolute atomic E-state index is 12.0. The first kappa shape index (κ1) is 19.2. The molecule has 1 heterocycles. The van der Waals surface area contributed by atoms with Gasteiger partial charge in [0.25, 0.3) is 0 Å². The second-order valence-electron chi connectivity index (χ2n) is 5.24. The molecule has 1 aromatic carbocycles. The monoisotopic (exact) mass is 338 g/mol. The van der Waals surface area contributed by atoms with Gasteiger partial charge in [0, 0.05) is 31.5 Å². The van der Waals surface area contributed by atoms with Crippen molar-refractivity contribution in [3.63, 3.8) is 0 Å². The number of rotatable bonds is 7. The molecular weight excluding hydrogens is 316 g/mol. The number of ether oxygens (including phenoxy) is 1. The number of amides is 1. The Balaban J connectivity index is 0.00000264. The number of methoxy groups -OCH3 is 1. The fourth-order valence-electron chi connectivity index (χ4n) is 2.28. The Morgan fingerprint density at radius 1 is 1.22 bits per heavy atom. The van der Waals surface area contributed by atoms with Crippen LogP contribution in [0.5, 0.6) is 5.75 Å². The number of nitrogens with one attached hydrogen (secondary N) is 2. The molecule has 0 aromatic heterocycles. The average molecular weight is 339 g/mol. The summed E-state index contributed by atoms with van der Waals surface area (Å²) in [5.41, 5.74) is 1.85. The van der Waals surface area contributed by atoms with Crippen molar-refractivity contribution in [2.45, 2.75) is 19.3 Å². The molecule has 0 saturated carbocycles. The van der Waals surface area contributed by atoms with Crippen LogP contribution in [0.1, 0.15) is 29.6 Å². The molecule has 1 aliphatic heterocycles. The highest BCUT2D eigenvalue weighted by molar-refractivity contribution is 5.98. The predicted molar refractivity (Wildman–Crippen MR) is 92.4 cm³/mol. The fraction of sp³-hybridized carbons (Fsp3) is 0.412. The van der Waals surface area contributed by atoms with Crippen LogP contribution in [-0.4, -0.2) is 38.4 Å². The summed E-state index contributed by atoms with van der Waals surface area (Å²) in [7, 11) is 1.58. The van der Waals surface area contributed by atoms with E-state index in [0.29, 0.717) is 17.9 Å². The summed E-state index contributed by atoms with van der Waals surface area (Å²) >= 11 is 0. The predicted octanol–water partition coefficient (Wildman–Crippen LogP) is 2.12. The molecule has 2 rings (SSSR count). The van der Waals surface area contributed by atoms with Crippen LogP contribution in [0.4, 0.5) is 0 Å². The number of carbonyl (C=O) groups is 2. The zero-order chi connectivity index (χ0) is 15.8. The van der Waals surface area contributed by atoms with Gasteiger partial charge in [-0.2, -0.15) is 0 Å². The molecule has 0 aliphatic carbocycles. The van der Waals surface area contributed by atoms with Gasteiger partial charge in [0.15, 0.2) is 5.78 Å². The molecule has 1 aliphatic rings. The molecule has 0 saturated heterocycles. The van der Waals surface area contributed by atoms with Gasteiger partial charge < -0.3 is 15.4 Å². The summed E-state index contributed by atoms with van der Waals surface area (Å²) in [6.45, 7) is 2.40. The summed E-state index contributed by atoms with van der Waals surface area (Å²) in [6, 6.07) is 6.94. The van der Waals surface area contributed by atoms with Gasteiger partial charge in [-0.1, -0.05) is 11.6 Å². The third kappa shape index (κ3) is 6.42. The Hall–Kier alpha value is -1.85. The fourth-order valence-corrected chi connectivity index (χ4v) is 2.28. The van der Waals surface area contributed by atoms with E-state index in [1.807, 2.05) is 0 Å². The van der Waals surface area contributed by atoms with E-state index >= 15 is 0 Å². The molecular formula is C17H23ClN2O3. The Morgan fingerprint density at radius 3 is 2.57 bits per heavy atom.